The summed E-state index contributed by atoms with van der Waals surface area (Å²) in [6, 6.07) is 2.22. The lowest BCUT2D eigenvalue weighted by Gasteiger charge is -2.24. The van der Waals surface area contributed by atoms with Crippen LogP contribution in [0.5, 0.6) is 17.2 Å². The van der Waals surface area contributed by atoms with Gasteiger partial charge in [-0.3, -0.25) is 4.79 Å². The van der Waals surface area contributed by atoms with Crippen LogP contribution in [0.25, 0.3) is 11.0 Å². The van der Waals surface area contributed by atoms with Crippen LogP contribution >= 0.6 is 0 Å². The smallest absolute Gasteiger partial charge is 0.202 e. The van der Waals surface area contributed by atoms with Crippen LogP contribution in [-0.2, 0) is 4.74 Å². The summed E-state index contributed by atoms with van der Waals surface area (Å²) in [5.74, 6) is -0.626. The average Bonchev–Trinajstić information content (AvgIpc) is 2.58. The number of methoxy groups -OCH3 is 1. The van der Waals surface area contributed by atoms with Crippen molar-refractivity contribution in [3.05, 3.63) is 52.1 Å². The Balaban J connectivity index is 2.18. The summed E-state index contributed by atoms with van der Waals surface area (Å²) in [6.45, 7) is 2.01. The maximum Gasteiger partial charge on any atom is 0.202 e. The zero-order valence-electron chi connectivity index (χ0n) is 13.3. The third-order valence-electron chi connectivity index (χ3n) is 4.30. The van der Waals surface area contributed by atoms with E-state index in [0.29, 0.717) is 5.76 Å². The number of phenols is 3. The Hall–Kier alpha value is -2.89. The summed E-state index contributed by atoms with van der Waals surface area (Å²) < 4.78 is 10.9. The first-order valence-electron chi connectivity index (χ1n) is 7.61. The molecule has 3 N–H and O–H groups in total. The molecule has 0 aliphatic heterocycles. The Labute approximate surface area is 137 Å². The number of hydrogen-bond acceptors (Lipinski definition) is 6. The molecule has 0 saturated carbocycles. The minimum absolute atomic E-state index is 0.0543. The second kappa shape index (κ2) is 5.96. The van der Waals surface area contributed by atoms with E-state index >= 15 is 0 Å². The molecule has 0 amide bonds. The minimum atomic E-state index is -0.567. The van der Waals surface area contributed by atoms with Gasteiger partial charge in [0.1, 0.15) is 22.7 Å². The van der Waals surface area contributed by atoms with Gasteiger partial charge in [-0.2, -0.15) is 0 Å². The van der Waals surface area contributed by atoms with Crippen LogP contribution in [0.3, 0.4) is 0 Å². The molecule has 3 rings (SSSR count). The molecule has 2 atom stereocenters. The molecular formula is C18H18O6. The van der Waals surface area contributed by atoms with E-state index in [1.807, 2.05) is 19.1 Å². The van der Waals surface area contributed by atoms with E-state index in [4.69, 9.17) is 9.15 Å². The lowest BCUT2D eigenvalue weighted by atomic mass is 9.84. The van der Waals surface area contributed by atoms with E-state index in [2.05, 4.69) is 0 Å². The van der Waals surface area contributed by atoms with Gasteiger partial charge in [0.25, 0.3) is 0 Å². The molecule has 2 aromatic rings. The molecule has 126 valence electrons. The molecule has 6 nitrogen and oxygen atoms in total. The highest BCUT2D eigenvalue weighted by molar-refractivity contribution is 5.90. The van der Waals surface area contributed by atoms with E-state index in [1.54, 1.807) is 13.2 Å². The van der Waals surface area contributed by atoms with Gasteiger partial charge in [-0.15, -0.1) is 0 Å². The zero-order valence-corrected chi connectivity index (χ0v) is 13.3. The van der Waals surface area contributed by atoms with Crippen LogP contribution in [-0.4, -0.2) is 22.4 Å². The van der Waals surface area contributed by atoms with Crippen molar-refractivity contribution in [3.8, 4) is 17.2 Å². The van der Waals surface area contributed by atoms with Gasteiger partial charge in [0.05, 0.1) is 7.11 Å². The van der Waals surface area contributed by atoms with E-state index < -0.39 is 22.7 Å². The predicted octanol–water partition coefficient (Wildman–Crippen LogP) is 3.12. The van der Waals surface area contributed by atoms with Gasteiger partial charge >= 0.3 is 0 Å². The van der Waals surface area contributed by atoms with Gasteiger partial charge in [0.2, 0.25) is 5.75 Å². The molecule has 24 heavy (non-hydrogen) atoms. The fourth-order valence-corrected chi connectivity index (χ4v) is 3.00. The fraction of sp³-hybridized carbons (Fsp3) is 0.278. The quantitative estimate of drug-likeness (QED) is 0.590. The first kappa shape index (κ1) is 16.0. The van der Waals surface area contributed by atoms with Crippen molar-refractivity contribution in [1.82, 2.24) is 0 Å². The van der Waals surface area contributed by atoms with Crippen LogP contribution in [0.4, 0.5) is 0 Å². The second-order valence-electron chi connectivity index (χ2n) is 5.71. The summed E-state index contributed by atoms with van der Waals surface area (Å²) in [5, 5.41) is 29.3. The molecule has 1 aliphatic rings. The maximum absolute atomic E-state index is 12.4. The Morgan fingerprint density at radius 3 is 2.62 bits per heavy atom. The molecule has 0 radical (unpaired) electrons. The van der Waals surface area contributed by atoms with Crippen LogP contribution in [0.1, 0.15) is 25.0 Å². The highest BCUT2D eigenvalue weighted by atomic mass is 16.5. The van der Waals surface area contributed by atoms with Gasteiger partial charge in [-0.25, -0.2) is 0 Å². The Bertz CT molecular complexity index is 906. The van der Waals surface area contributed by atoms with Gasteiger partial charge in [0, 0.05) is 18.1 Å². The number of hydrogen-bond donors (Lipinski definition) is 3. The molecule has 1 aliphatic carbocycles. The standard InChI is InChI=1S/C18H18O6/c1-3-9-6-10(23-2)4-5-11(9)15-8-13(20)16-12(19)7-14(21)17(22)18(16)24-15/h4-9,11,19,21-22H,3H2,1-2H3. The number of phenolic OH excluding ortho intramolecular Hbond substituents is 3. The first-order chi connectivity index (χ1) is 11.5. The van der Waals surface area contributed by atoms with E-state index in [0.717, 1.165) is 18.2 Å². The van der Waals surface area contributed by atoms with Crippen molar-refractivity contribution in [1.29, 1.82) is 0 Å². The molecule has 1 aromatic carbocycles. The third kappa shape index (κ3) is 2.50. The number of allylic oxidation sites excluding steroid dienone is 3. The molecule has 1 aromatic heterocycles. The highest BCUT2D eigenvalue weighted by Gasteiger charge is 2.26. The first-order valence-corrected chi connectivity index (χ1v) is 7.61. The van der Waals surface area contributed by atoms with Gasteiger partial charge in [0.15, 0.2) is 16.8 Å². The van der Waals surface area contributed by atoms with Crippen molar-refractivity contribution >= 4 is 11.0 Å². The highest BCUT2D eigenvalue weighted by Crippen LogP contribution is 2.41. The number of aromatic hydroxyl groups is 3. The van der Waals surface area contributed by atoms with E-state index in [-0.39, 0.29) is 22.8 Å². The monoisotopic (exact) mass is 330 g/mol. The predicted molar refractivity (Wildman–Crippen MR) is 88.2 cm³/mol. The molecule has 0 bridgehead atoms. The fourth-order valence-electron chi connectivity index (χ4n) is 3.00. The summed E-state index contributed by atoms with van der Waals surface area (Å²) in [5.41, 5.74) is -0.705. The number of rotatable bonds is 3. The Kier molecular flexibility index (Phi) is 3.97. The largest absolute Gasteiger partial charge is 0.507 e. The molecule has 6 heteroatoms. The number of fused-ring (bicyclic) bond motifs is 1. The molecule has 1 heterocycles. The maximum atomic E-state index is 12.4. The number of benzene rings is 1. The normalized spacial score (nSPS) is 20.2. The summed E-state index contributed by atoms with van der Waals surface area (Å²) in [6.07, 6.45) is 6.41. The minimum Gasteiger partial charge on any atom is -0.507 e. The SMILES string of the molecule is CCC1C=C(OC)C=CC1c1cc(=O)c2c(O)cc(O)c(O)c2o1. The molecule has 0 spiro atoms. The van der Waals surface area contributed by atoms with Crippen molar-refractivity contribution < 1.29 is 24.5 Å². The lowest BCUT2D eigenvalue weighted by molar-refractivity contribution is 0.294. The van der Waals surface area contributed by atoms with Crippen molar-refractivity contribution in [3.63, 3.8) is 0 Å². The van der Waals surface area contributed by atoms with Crippen molar-refractivity contribution in [2.45, 2.75) is 19.3 Å². The molecule has 0 saturated heterocycles. The third-order valence-corrected chi connectivity index (χ3v) is 4.30. The Morgan fingerprint density at radius 1 is 1.21 bits per heavy atom. The van der Waals surface area contributed by atoms with Crippen molar-refractivity contribution in [2.24, 2.45) is 5.92 Å². The zero-order chi connectivity index (χ0) is 17.4. The summed E-state index contributed by atoms with van der Waals surface area (Å²) >= 11 is 0. The van der Waals surface area contributed by atoms with Gasteiger partial charge in [-0.1, -0.05) is 13.0 Å². The second-order valence-corrected chi connectivity index (χ2v) is 5.71. The topological polar surface area (TPSA) is 100 Å². The molecule has 2 unspecified atom stereocenters. The molecule has 0 fully saturated rings. The van der Waals surface area contributed by atoms with Crippen LogP contribution in [0.15, 0.2) is 45.3 Å². The van der Waals surface area contributed by atoms with Crippen molar-refractivity contribution in [2.75, 3.05) is 7.11 Å². The van der Waals surface area contributed by atoms with Crippen LogP contribution < -0.4 is 5.43 Å². The van der Waals surface area contributed by atoms with E-state index in [9.17, 15) is 20.1 Å². The molecular weight excluding hydrogens is 312 g/mol. The van der Waals surface area contributed by atoms with Gasteiger partial charge < -0.3 is 24.5 Å². The van der Waals surface area contributed by atoms with Crippen LogP contribution in [0, 0.1) is 5.92 Å². The summed E-state index contributed by atoms with van der Waals surface area (Å²) in [4.78, 5) is 12.4. The Morgan fingerprint density at radius 2 is 1.96 bits per heavy atom. The van der Waals surface area contributed by atoms with Gasteiger partial charge in [-0.05, 0) is 24.5 Å². The van der Waals surface area contributed by atoms with Crippen LogP contribution in [0.2, 0.25) is 0 Å². The van der Waals surface area contributed by atoms with E-state index in [1.165, 1.54) is 6.07 Å². The summed E-state index contributed by atoms with van der Waals surface area (Å²) in [7, 11) is 1.59. The number of ether oxygens (including phenoxy) is 1. The average molecular weight is 330 g/mol. The lowest BCUT2D eigenvalue weighted by Crippen LogP contribution is -2.14.